The van der Waals surface area contributed by atoms with Crippen LogP contribution in [0, 0.1) is 0 Å². The van der Waals surface area contributed by atoms with Gasteiger partial charge in [-0.05, 0) is 76.2 Å². The van der Waals surface area contributed by atoms with Gasteiger partial charge in [-0.25, -0.2) is 0 Å². The molecule has 0 unspecified atom stereocenters. The van der Waals surface area contributed by atoms with Crippen LogP contribution in [0.15, 0.2) is 48.5 Å². The molecular weight excluding hydrogens is 390 g/mol. The first-order valence-electron chi connectivity index (χ1n) is 8.02. The van der Waals surface area contributed by atoms with Crippen LogP contribution < -0.4 is 9.47 Å². The molecule has 2 aromatic carbocycles. The normalized spacial score (nSPS) is 11.6. The Labute approximate surface area is 170 Å². The lowest BCUT2D eigenvalue weighted by molar-refractivity contribution is -0.149. The minimum atomic E-state index is -1.13. The first kappa shape index (κ1) is 20.9. The second-order valence-electron chi connectivity index (χ2n) is 6.75. The molecule has 4 nitrogen and oxygen atoms in total. The van der Waals surface area contributed by atoms with E-state index in [1.54, 1.807) is 62.4 Å². The van der Waals surface area contributed by atoms with E-state index in [9.17, 15) is 4.79 Å². The van der Waals surface area contributed by atoms with Gasteiger partial charge in [0, 0.05) is 10.0 Å². The quantitative estimate of drug-likeness (QED) is 0.594. The lowest BCUT2D eigenvalue weighted by Gasteiger charge is -2.29. The zero-order chi connectivity index (χ0) is 19.4. The average Bonchev–Trinajstić information content (AvgIpc) is 2.56. The molecule has 0 aliphatic carbocycles. The Morgan fingerprint density at radius 2 is 1.23 bits per heavy atom. The Balaban J connectivity index is 1.92. The molecule has 26 heavy (non-hydrogen) atoms. The highest BCUT2D eigenvalue weighted by atomic mass is 35.5. The van der Waals surface area contributed by atoms with E-state index < -0.39 is 31.6 Å². The third-order valence-corrected chi connectivity index (χ3v) is 4.84. The van der Waals surface area contributed by atoms with Crippen LogP contribution in [0.2, 0.25) is 10.0 Å². The molecule has 0 saturated heterocycles. The number of carbonyl (C=O) groups excluding carboxylic acids is 1. The molecule has 2 rings (SSSR count). The van der Waals surface area contributed by atoms with E-state index in [1.807, 2.05) is 13.8 Å². The molecule has 0 fully saturated rings. The summed E-state index contributed by atoms with van der Waals surface area (Å²) >= 11 is 10.9. The number of halogens is 2. The van der Waals surface area contributed by atoms with Crippen LogP contribution in [0.25, 0.3) is 0 Å². The third kappa shape index (κ3) is 6.41. The zero-order valence-electron chi connectivity index (χ0n) is 15.1. The van der Waals surface area contributed by atoms with Crippen molar-refractivity contribution in [2.24, 2.45) is 0 Å². The summed E-state index contributed by atoms with van der Waals surface area (Å²) in [7, 11) is 0. The van der Waals surface area contributed by atoms with Gasteiger partial charge < -0.3 is 13.3 Å². The Morgan fingerprint density at radius 1 is 0.808 bits per heavy atom. The van der Waals surface area contributed by atoms with Crippen molar-refractivity contribution in [3.05, 3.63) is 58.6 Å². The minimum Gasteiger partial charge on any atom is -0.617 e. The maximum Gasteiger partial charge on any atom is 0.578 e. The summed E-state index contributed by atoms with van der Waals surface area (Å²) in [5.41, 5.74) is -1.13. The molecule has 0 N–H and O–H groups in total. The van der Waals surface area contributed by atoms with Crippen molar-refractivity contribution in [1.29, 1.82) is 0 Å². The Bertz CT molecular complexity index is 743. The van der Waals surface area contributed by atoms with E-state index in [1.165, 1.54) is 0 Å². The smallest absolute Gasteiger partial charge is 0.578 e. The third-order valence-electron chi connectivity index (χ3n) is 3.32. The lowest BCUT2D eigenvalue weighted by atomic mass is 10.1. The van der Waals surface area contributed by atoms with Gasteiger partial charge in [0.25, 0.3) is 0 Å². The van der Waals surface area contributed by atoms with Crippen LogP contribution in [-0.4, -0.2) is 31.6 Å². The molecule has 0 spiro atoms. The largest absolute Gasteiger partial charge is 0.617 e. The van der Waals surface area contributed by atoms with Crippen LogP contribution in [0.5, 0.6) is 11.5 Å². The summed E-state index contributed by atoms with van der Waals surface area (Å²) in [5, 5.41) is 1.23. The van der Waals surface area contributed by atoms with E-state index in [4.69, 9.17) is 36.5 Å². The molecular formula is C19H20AlCl2O4. The van der Waals surface area contributed by atoms with E-state index in [0.717, 1.165) is 0 Å². The highest BCUT2D eigenvalue weighted by Gasteiger charge is 2.35. The average molecular weight is 410 g/mol. The van der Waals surface area contributed by atoms with Crippen molar-refractivity contribution in [2.75, 3.05) is 0 Å². The highest BCUT2D eigenvalue weighted by Crippen LogP contribution is 2.23. The standard InChI is InChI=1S/C10H11ClO3.C9H10ClO.Al/c1-10(2,9(12)13)14-8-5-3-7(11)4-6-8;1-7(2)11-9-5-3-8(10)4-6-9;/h3-6H,1-2H3,(H,12,13);3-6H,1-2H3;/q;;+1/p-1. The fourth-order valence-electron chi connectivity index (χ4n) is 2.01. The van der Waals surface area contributed by atoms with Crippen molar-refractivity contribution in [2.45, 2.75) is 37.8 Å². The van der Waals surface area contributed by atoms with Crippen LogP contribution in [0.3, 0.4) is 0 Å². The Morgan fingerprint density at radius 3 is 1.69 bits per heavy atom. The molecule has 1 radical (unpaired) electrons. The number of rotatable bonds is 7. The van der Waals surface area contributed by atoms with Gasteiger partial charge in [-0.3, -0.25) is 4.79 Å². The minimum absolute atomic E-state index is 0.449. The zero-order valence-corrected chi connectivity index (χ0v) is 17.8. The molecule has 0 atom stereocenters. The van der Waals surface area contributed by atoms with Gasteiger partial charge in [-0.2, -0.15) is 0 Å². The van der Waals surface area contributed by atoms with Gasteiger partial charge in [0.1, 0.15) is 11.5 Å². The van der Waals surface area contributed by atoms with Crippen molar-refractivity contribution >= 4 is 44.7 Å². The molecule has 7 heteroatoms. The fourth-order valence-corrected chi connectivity index (χ4v) is 3.12. The lowest BCUT2D eigenvalue weighted by Crippen LogP contribution is -2.45. The number of hydrogen-bond donors (Lipinski definition) is 0. The predicted molar refractivity (Wildman–Crippen MR) is 104 cm³/mol. The van der Waals surface area contributed by atoms with Gasteiger partial charge in [0.15, 0.2) is 5.60 Å². The first-order chi connectivity index (χ1) is 12.1. The van der Waals surface area contributed by atoms with Crippen molar-refractivity contribution < 1.29 is 18.1 Å². The number of benzene rings is 2. The molecule has 0 aromatic heterocycles. The summed E-state index contributed by atoms with van der Waals surface area (Å²) < 4.78 is 16.5. The summed E-state index contributed by atoms with van der Waals surface area (Å²) in [6, 6.07) is 13.9. The fraction of sp³-hybridized carbons (Fsp3) is 0.316. The summed E-state index contributed by atoms with van der Waals surface area (Å²) in [6.45, 7) is 7.07. The monoisotopic (exact) mass is 409 g/mol. The maximum absolute atomic E-state index is 12.5. The maximum atomic E-state index is 12.5. The van der Waals surface area contributed by atoms with Gasteiger partial charge in [-0.15, -0.1) is 0 Å². The topological polar surface area (TPSA) is 44.8 Å². The molecule has 0 bridgehead atoms. The van der Waals surface area contributed by atoms with Crippen molar-refractivity contribution in [1.82, 2.24) is 0 Å². The van der Waals surface area contributed by atoms with E-state index in [0.29, 0.717) is 21.5 Å². The van der Waals surface area contributed by atoms with Crippen LogP contribution in [0.4, 0.5) is 0 Å². The number of hydrogen-bond acceptors (Lipinski definition) is 4. The Kier molecular flexibility index (Phi) is 6.88. The Hall–Kier alpha value is -1.38. The van der Waals surface area contributed by atoms with E-state index >= 15 is 0 Å². The first-order valence-corrected chi connectivity index (χ1v) is 9.82. The summed E-state index contributed by atoms with van der Waals surface area (Å²) in [6.07, 6.45) is 0. The van der Waals surface area contributed by atoms with Crippen LogP contribution in [0.1, 0.15) is 27.7 Å². The van der Waals surface area contributed by atoms with Crippen LogP contribution >= 0.6 is 23.2 Å². The predicted octanol–water partition coefficient (Wildman–Crippen LogP) is 5.13. The van der Waals surface area contributed by atoms with Gasteiger partial charge in [0.2, 0.25) is 0 Å². The summed E-state index contributed by atoms with van der Waals surface area (Å²) in [4.78, 5) is 12.5. The van der Waals surface area contributed by atoms with Crippen molar-refractivity contribution in [3.8, 4) is 11.5 Å². The molecule has 2 aromatic rings. The molecule has 137 valence electrons. The molecule has 0 heterocycles. The van der Waals surface area contributed by atoms with Gasteiger partial charge in [0.05, 0.1) is 4.46 Å². The molecule has 0 aliphatic heterocycles. The second kappa shape index (κ2) is 8.54. The van der Waals surface area contributed by atoms with Crippen LogP contribution in [-0.2, 0) is 8.58 Å². The van der Waals surface area contributed by atoms with E-state index in [-0.39, 0.29) is 0 Å². The van der Waals surface area contributed by atoms with Crippen molar-refractivity contribution in [3.63, 3.8) is 0 Å². The highest BCUT2D eigenvalue weighted by molar-refractivity contribution is 6.35. The van der Waals surface area contributed by atoms with Gasteiger partial charge in [-0.1, -0.05) is 23.2 Å². The number of ether oxygens (including phenoxy) is 2. The SMILES string of the molecule is C[C](C)(Oc1ccc(Cl)cc1)[Al][O]C(=O)C(C)(C)Oc1ccc(Cl)cc1. The molecule has 0 saturated carbocycles. The number of carbonyl (C=O) groups is 1. The van der Waals surface area contributed by atoms with Gasteiger partial charge >= 0.3 is 21.5 Å². The second-order valence-corrected chi connectivity index (χ2v) is 9.48. The summed E-state index contributed by atoms with van der Waals surface area (Å²) in [5.74, 6) is 0.762. The van der Waals surface area contributed by atoms with E-state index in [2.05, 4.69) is 0 Å². The molecule has 0 aliphatic rings. The molecule has 0 amide bonds.